The van der Waals surface area contributed by atoms with Gasteiger partial charge in [0.05, 0.1) is 18.7 Å². The Hall–Kier alpha value is -2.83. The maximum absolute atomic E-state index is 12.8. The zero-order valence-electron chi connectivity index (χ0n) is 15.2. The third kappa shape index (κ3) is 3.42. The van der Waals surface area contributed by atoms with Crippen molar-refractivity contribution in [2.24, 2.45) is 11.8 Å². The van der Waals surface area contributed by atoms with Gasteiger partial charge in [0.2, 0.25) is 0 Å². The number of nitrogens with zero attached hydrogens (tertiary/aromatic N) is 3. The monoisotopic (exact) mass is 357 g/mol. The number of carbonyl (C=O) groups is 2. The van der Waals surface area contributed by atoms with E-state index in [4.69, 9.17) is 4.74 Å². The van der Waals surface area contributed by atoms with Crippen LogP contribution in [0.1, 0.15) is 29.5 Å². The van der Waals surface area contributed by atoms with E-state index in [0.717, 1.165) is 17.1 Å². The number of aromatic nitrogens is 2. The molecule has 1 fully saturated rings. The van der Waals surface area contributed by atoms with Crippen LogP contribution in [0, 0.1) is 18.8 Å². The second kappa shape index (κ2) is 7.19. The van der Waals surface area contributed by atoms with E-state index in [1.165, 1.54) is 0 Å². The second-order valence-corrected chi connectivity index (χ2v) is 6.74. The summed E-state index contributed by atoms with van der Waals surface area (Å²) < 4.78 is 6.88. The fourth-order valence-corrected chi connectivity index (χ4v) is 3.42. The number of carboxylic acids is 1. The molecule has 1 aliphatic heterocycles. The number of likely N-dealkylation sites (tertiary alicyclic amines) is 1. The summed E-state index contributed by atoms with van der Waals surface area (Å²) in [5, 5.41) is 13.7. The van der Waals surface area contributed by atoms with Gasteiger partial charge in [-0.3, -0.25) is 9.59 Å². The van der Waals surface area contributed by atoms with Crippen molar-refractivity contribution in [1.82, 2.24) is 14.7 Å². The van der Waals surface area contributed by atoms with Gasteiger partial charge in [-0.05, 0) is 49.6 Å². The second-order valence-electron chi connectivity index (χ2n) is 6.74. The van der Waals surface area contributed by atoms with Crippen molar-refractivity contribution < 1.29 is 19.4 Å². The number of benzene rings is 1. The average molecular weight is 357 g/mol. The molecular formula is C19H23N3O4. The van der Waals surface area contributed by atoms with Gasteiger partial charge in [0, 0.05) is 18.8 Å². The molecule has 0 aliphatic carbocycles. The molecule has 2 unspecified atom stereocenters. The molecule has 0 saturated carbocycles. The molecular weight excluding hydrogens is 334 g/mol. The van der Waals surface area contributed by atoms with Crippen molar-refractivity contribution in [3.8, 4) is 11.4 Å². The molecule has 3 rings (SSSR count). The van der Waals surface area contributed by atoms with Crippen LogP contribution in [-0.2, 0) is 4.79 Å². The highest BCUT2D eigenvalue weighted by Gasteiger charge is 2.34. The van der Waals surface area contributed by atoms with Crippen molar-refractivity contribution in [3.63, 3.8) is 0 Å². The lowest BCUT2D eigenvalue weighted by atomic mass is 9.87. The van der Waals surface area contributed by atoms with Crippen molar-refractivity contribution in [2.75, 3.05) is 20.2 Å². The molecule has 26 heavy (non-hydrogen) atoms. The number of methoxy groups -OCH3 is 1. The van der Waals surface area contributed by atoms with E-state index >= 15 is 0 Å². The normalized spacial score (nSPS) is 20.0. The number of rotatable bonds is 4. The van der Waals surface area contributed by atoms with E-state index in [-0.39, 0.29) is 11.8 Å². The van der Waals surface area contributed by atoms with Crippen molar-refractivity contribution in [2.45, 2.75) is 20.3 Å². The summed E-state index contributed by atoms with van der Waals surface area (Å²) in [5.74, 6) is -0.655. The molecule has 1 saturated heterocycles. The Morgan fingerprint density at radius 3 is 2.54 bits per heavy atom. The molecule has 138 valence electrons. The maximum atomic E-state index is 12.8. The Morgan fingerprint density at radius 1 is 1.27 bits per heavy atom. The highest BCUT2D eigenvalue weighted by Crippen LogP contribution is 2.25. The summed E-state index contributed by atoms with van der Waals surface area (Å²) in [6.45, 7) is 4.64. The number of carboxylic acid groups (broad SMARTS) is 1. The molecule has 7 heteroatoms. The number of hydrogen-bond donors (Lipinski definition) is 1. The van der Waals surface area contributed by atoms with Gasteiger partial charge in [0.15, 0.2) is 5.69 Å². The van der Waals surface area contributed by atoms with Crippen LogP contribution in [0.5, 0.6) is 5.75 Å². The van der Waals surface area contributed by atoms with Gasteiger partial charge in [-0.15, -0.1) is 0 Å². The summed E-state index contributed by atoms with van der Waals surface area (Å²) in [7, 11) is 1.61. The van der Waals surface area contributed by atoms with E-state index in [1.807, 2.05) is 38.1 Å². The summed E-state index contributed by atoms with van der Waals surface area (Å²) in [4.78, 5) is 25.7. The number of aryl methyl sites for hydroxylation is 1. The molecule has 1 aromatic carbocycles. The first kappa shape index (κ1) is 18.0. The highest BCUT2D eigenvalue weighted by atomic mass is 16.5. The third-order valence-corrected chi connectivity index (χ3v) is 4.93. The summed E-state index contributed by atoms with van der Waals surface area (Å²) in [5.41, 5.74) is 2.08. The first-order valence-electron chi connectivity index (χ1n) is 8.64. The number of amides is 1. The topological polar surface area (TPSA) is 84.7 Å². The lowest BCUT2D eigenvalue weighted by Gasteiger charge is -2.34. The lowest BCUT2D eigenvalue weighted by molar-refractivity contribution is -0.145. The van der Waals surface area contributed by atoms with Gasteiger partial charge in [0.1, 0.15) is 5.75 Å². The SMILES string of the molecule is COc1ccc(-n2nc(C(=O)N3CCC(C(=O)O)C(C)C3)cc2C)cc1. The number of piperidine rings is 1. The minimum Gasteiger partial charge on any atom is -0.497 e. The number of carbonyl (C=O) groups excluding carboxylic acids is 1. The number of aliphatic carboxylic acids is 1. The predicted molar refractivity (Wildman–Crippen MR) is 95.7 cm³/mol. The largest absolute Gasteiger partial charge is 0.497 e. The molecule has 0 radical (unpaired) electrons. The van der Waals surface area contributed by atoms with Crippen LogP contribution < -0.4 is 4.74 Å². The molecule has 2 atom stereocenters. The Bertz CT molecular complexity index is 813. The zero-order chi connectivity index (χ0) is 18.8. The van der Waals surface area contributed by atoms with Crippen LogP contribution in [0.15, 0.2) is 30.3 Å². The fraction of sp³-hybridized carbons (Fsp3) is 0.421. The van der Waals surface area contributed by atoms with Gasteiger partial charge in [-0.2, -0.15) is 5.10 Å². The standard InChI is InChI=1S/C19H23N3O4/c1-12-11-21(9-8-16(12)19(24)25)18(23)17-10-13(2)22(20-17)14-4-6-15(26-3)7-5-14/h4-7,10,12,16H,8-9,11H2,1-3H3,(H,24,25). The van der Waals surface area contributed by atoms with Gasteiger partial charge in [-0.1, -0.05) is 6.92 Å². The van der Waals surface area contributed by atoms with Crippen LogP contribution in [0.25, 0.3) is 5.69 Å². The lowest BCUT2D eigenvalue weighted by Crippen LogP contribution is -2.45. The minimum atomic E-state index is -0.788. The van der Waals surface area contributed by atoms with Crippen molar-refractivity contribution >= 4 is 11.9 Å². The summed E-state index contributed by atoms with van der Waals surface area (Å²) in [6, 6.07) is 9.22. The fourth-order valence-electron chi connectivity index (χ4n) is 3.42. The van der Waals surface area contributed by atoms with Crippen molar-refractivity contribution in [3.05, 3.63) is 41.7 Å². The molecule has 0 spiro atoms. The molecule has 1 aliphatic rings. The summed E-state index contributed by atoms with van der Waals surface area (Å²) in [6.07, 6.45) is 0.473. The molecule has 1 amide bonds. The van der Waals surface area contributed by atoms with E-state index in [9.17, 15) is 14.7 Å². The Kier molecular flexibility index (Phi) is 4.97. The molecule has 1 N–H and O–H groups in total. The van der Waals surface area contributed by atoms with Crippen LogP contribution >= 0.6 is 0 Å². The number of ether oxygens (including phenoxy) is 1. The van der Waals surface area contributed by atoms with Crippen molar-refractivity contribution in [1.29, 1.82) is 0 Å². The Morgan fingerprint density at radius 2 is 1.96 bits per heavy atom. The highest BCUT2D eigenvalue weighted by molar-refractivity contribution is 5.92. The Labute approximate surface area is 152 Å². The molecule has 1 aromatic heterocycles. The minimum absolute atomic E-state index is 0.0741. The maximum Gasteiger partial charge on any atom is 0.306 e. The van der Waals surface area contributed by atoms with Crippen LogP contribution in [-0.4, -0.2) is 51.9 Å². The van der Waals surface area contributed by atoms with Crippen LogP contribution in [0.2, 0.25) is 0 Å². The van der Waals surface area contributed by atoms with Gasteiger partial charge < -0.3 is 14.7 Å². The van der Waals surface area contributed by atoms with E-state index in [2.05, 4.69) is 5.10 Å². The third-order valence-electron chi connectivity index (χ3n) is 4.93. The quantitative estimate of drug-likeness (QED) is 0.908. The average Bonchev–Trinajstić information content (AvgIpc) is 3.02. The zero-order valence-corrected chi connectivity index (χ0v) is 15.2. The predicted octanol–water partition coefficient (Wildman–Crippen LogP) is 2.37. The summed E-state index contributed by atoms with van der Waals surface area (Å²) >= 11 is 0. The Balaban J connectivity index is 1.78. The van der Waals surface area contributed by atoms with E-state index in [0.29, 0.717) is 25.2 Å². The smallest absolute Gasteiger partial charge is 0.306 e. The molecule has 2 aromatic rings. The molecule has 2 heterocycles. The van der Waals surface area contributed by atoms with E-state index in [1.54, 1.807) is 22.8 Å². The first-order chi connectivity index (χ1) is 12.4. The van der Waals surface area contributed by atoms with E-state index < -0.39 is 11.9 Å². The van der Waals surface area contributed by atoms with Gasteiger partial charge >= 0.3 is 5.97 Å². The number of hydrogen-bond acceptors (Lipinski definition) is 4. The van der Waals surface area contributed by atoms with Crippen LogP contribution in [0.4, 0.5) is 0 Å². The molecule has 0 bridgehead atoms. The van der Waals surface area contributed by atoms with Gasteiger partial charge in [0.25, 0.3) is 5.91 Å². The molecule has 7 nitrogen and oxygen atoms in total. The van der Waals surface area contributed by atoms with Crippen LogP contribution in [0.3, 0.4) is 0 Å². The first-order valence-corrected chi connectivity index (χ1v) is 8.64. The van der Waals surface area contributed by atoms with Gasteiger partial charge in [-0.25, -0.2) is 4.68 Å².